The van der Waals surface area contributed by atoms with Crippen LogP contribution < -0.4 is 11.1 Å². The van der Waals surface area contributed by atoms with Gasteiger partial charge in [0.25, 0.3) is 0 Å². The van der Waals surface area contributed by atoms with Crippen LogP contribution in [0.5, 0.6) is 0 Å². The summed E-state index contributed by atoms with van der Waals surface area (Å²) in [5.41, 5.74) is 5.74. The Labute approximate surface area is 104 Å². The Morgan fingerprint density at radius 2 is 2.19 bits per heavy atom. The summed E-state index contributed by atoms with van der Waals surface area (Å²) < 4.78 is 4.55. The van der Waals surface area contributed by atoms with E-state index in [0.29, 0.717) is 23.1 Å². The predicted molar refractivity (Wildman–Crippen MR) is 63.7 cm³/mol. The van der Waals surface area contributed by atoms with E-state index in [0.717, 1.165) is 5.56 Å². The Kier molecular flexibility index (Phi) is 5.38. The number of amides is 1. The molecule has 3 N–H and O–H groups in total. The van der Waals surface area contributed by atoms with Crippen molar-refractivity contribution in [3.8, 4) is 0 Å². The molecule has 1 aromatic carbocycles. The Morgan fingerprint density at radius 1 is 1.44 bits per heavy atom. The number of carbonyl (C=O) groups excluding carboxylic acids is 1. The number of rotatable bonds is 5. The van der Waals surface area contributed by atoms with Crippen LogP contribution in [0.4, 0.5) is 4.79 Å². The minimum Gasteiger partial charge on any atom is -0.448 e. The van der Waals surface area contributed by atoms with Crippen LogP contribution in [0.1, 0.15) is 5.56 Å². The minimum atomic E-state index is -0.772. The molecule has 1 amide bonds. The predicted octanol–water partition coefficient (Wildman–Crippen LogP) is 2.18. The molecule has 88 valence electrons. The second-order valence-corrected chi connectivity index (χ2v) is 3.92. The molecule has 0 saturated heterocycles. The summed E-state index contributed by atoms with van der Waals surface area (Å²) in [7, 11) is 0. The van der Waals surface area contributed by atoms with Crippen molar-refractivity contribution >= 4 is 29.3 Å². The fraction of sp³-hybridized carbons (Fsp3) is 0.300. The second kappa shape index (κ2) is 6.58. The Hall–Kier alpha value is -0.970. The zero-order valence-electron chi connectivity index (χ0n) is 8.50. The Balaban J connectivity index is 2.29. The van der Waals surface area contributed by atoms with Gasteiger partial charge in [-0.25, -0.2) is 4.79 Å². The highest BCUT2D eigenvalue weighted by Crippen LogP contribution is 2.20. The summed E-state index contributed by atoms with van der Waals surface area (Å²) in [5.74, 6) is 0. The van der Waals surface area contributed by atoms with E-state index in [1.807, 2.05) is 6.07 Å². The maximum absolute atomic E-state index is 10.3. The van der Waals surface area contributed by atoms with E-state index >= 15 is 0 Å². The summed E-state index contributed by atoms with van der Waals surface area (Å²) in [5, 5.41) is 4.27. The molecule has 16 heavy (non-hydrogen) atoms. The van der Waals surface area contributed by atoms with Crippen molar-refractivity contribution in [3.63, 3.8) is 0 Å². The van der Waals surface area contributed by atoms with Gasteiger partial charge in [0.15, 0.2) is 0 Å². The van der Waals surface area contributed by atoms with Gasteiger partial charge in [-0.2, -0.15) is 0 Å². The molecule has 6 heteroatoms. The SMILES string of the molecule is NC(=O)OCCNCc1ccc(Cl)cc1Cl. The van der Waals surface area contributed by atoms with E-state index in [9.17, 15) is 4.79 Å². The van der Waals surface area contributed by atoms with Gasteiger partial charge in [0, 0.05) is 23.1 Å². The highest BCUT2D eigenvalue weighted by atomic mass is 35.5. The summed E-state index contributed by atoms with van der Waals surface area (Å²) in [6, 6.07) is 5.29. The molecule has 0 bridgehead atoms. The molecular weight excluding hydrogens is 251 g/mol. The lowest BCUT2D eigenvalue weighted by Gasteiger charge is -2.06. The molecule has 4 nitrogen and oxygen atoms in total. The van der Waals surface area contributed by atoms with Crippen LogP contribution in [0, 0.1) is 0 Å². The van der Waals surface area contributed by atoms with E-state index in [4.69, 9.17) is 28.9 Å². The summed E-state index contributed by atoms with van der Waals surface area (Å²) >= 11 is 11.7. The first-order valence-corrected chi connectivity index (χ1v) is 5.42. The molecule has 1 aromatic rings. The van der Waals surface area contributed by atoms with Gasteiger partial charge in [-0.05, 0) is 17.7 Å². The lowest BCUT2D eigenvalue weighted by atomic mass is 10.2. The van der Waals surface area contributed by atoms with Gasteiger partial charge in [-0.1, -0.05) is 29.3 Å². The molecule has 0 radical (unpaired) electrons. The standard InChI is InChI=1S/C10H12Cl2N2O2/c11-8-2-1-7(9(12)5-8)6-14-3-4-16-10(13)15/h1-2,5,14H,3-4,6H2,(H2,13,15). The van der Waals surface area contributed by atoms with Crippen molar-refractivity contribution in [2.75, 3.05) is 13.2 Å². The first-order valence-electron chi connectivity index (χ1n) is 4.66. The van der Waals surface area contributed by atoms with Crippen LogP contribution in [0.3, 0.4) is 0 Å². The molecule has 0 spiro atoms. The second-order valence-electron chi connectivity index (χ2n) is 3.08. The molecule has 0 aliphatic rings. The van der Waals surface area contributed by atoms with Gasteiger partial charge in [-0.3, -0.25) is 0 Å². The molecule has 0 aliphatic heterocycles. The van der Waals surface area contributed by atoms with Crippen molar-refractivity contribution in [1.82, 2.24) is 5.32 Å². The van der Waals surface area contributed by atoms with Crippen LogP contribution in [0.15, 0.2) is 18.2 Å². The van der Waals surface area contributed by atoms with Gasteiger partial charge in [0.1, 0.15) is 6.61 Å². The fourth-order valence-electron chi connectivity index (χ4n) is 1.11. The molecule has 1 rings (SSSR count). The third-order valence-corrected chi connectivity index (χ3v) is 2.44. The van der Waals surface area contributed by atoms with Crippen LogP contribution in [-0.4, -0.2) is 19.2 Å². The van der Waals surface area contributed by atoms with Gasteiger partial charge in [0.05, 0.1) is 0 Å². The summed E-state index contributed by atoms with van der Waals surface area (Å²) in [6.45, 7) is 1.33. The number of halogens is 2. The normalized spacial score (nSPS) is 10.1. The van der Waals surface area contributed by atoms with Gasteiger partial charge < -0.3 is 15.8 Å². The van der Waals surface area contributed by atoms with Crippen molar-refractivity contribution in [3.05, 3.63) is 33.8 Å². The molecule has 0 atom stereocenters. The van der Waals surface area contributed by atoms with Crippen molar-refractivity contribution < 1.29 is 9.53 Å². The quantitative estimate of drug-likeness (QED) is 0.800. The van der Waals surface area contributed by atoms with Crippen LogP contribution in [0.25, 0.3) is 0 Å². The summed E-state index contributed by atoms with van der Waals surface area (Å²) in [4.78, 5) is 10.3. The molecule has 0 aromatic heterocycles. The topological polar surface area (TPSA) is 64.4 Å². The van der Waals surface area contributed by atoms with Gasteiger partial charge in [-0.15, -0.1) is 0 Å². The molecular formula is C10H12Cl2N2O2. The highest BCUT2D eigenvalue weighted by molar-refractivity contribution is 6.35. The van der Waals surface area contributed by atoms with Crippen LogP contribution >= 0.6 is 23.2 Å². The average Bonchev–Trinajstić information content (AvgIpc) is 2.20. The van der Waals surface area contributed by atoms with Crippen molar-refractivity contribution in [1.29, 1.82) is 0 Å². The summed E-state index contributed by atoms with van der Waals surface area (Å²) in [6.07, 6.45) is -0.772. The van der Waals surface area contributed by atoms with Gasteiger partial charge >= 0.3 is 6.09 Å². The molecule has 0 aliphatic carbocycles. The molecule has 0 fully saturated rings. The molecule has 0 heterocycles. The number of ether oxygens (including phenoxy) is 1. The first kappa shape index (κ1) is 13.1. The van der Waals surface area contributed by atoms with Crippen LogP contribution in [0.2, 0.25) is 10.0 Å². The van der Waals surface area contributed by atoms with E-state index in [1.165, 1.54) is 0 Å². The monoisotopic (exact) mass is 262 g/mol. The largest absolute Gasteiger partial charge is 0.448 e. The minimum absolute atomic E-state index is 0.237. The van der Waals surface area contributed by atoms with Crippen molar-refractivity contribution in [2.45, 2.75) is 6.54 Å². The lowest BCUT2D eigenvalue weighted by molar-refractivity contribution is 0.157. The van der Waals surface area contributed by atoms with E-state index < -0.39 is 6.09 Å². The number of primary amides is 1. The van der Waals surface area contributed by atoms with E-state index in [-0.39, 0.29) is 6.61 Å². The number of carbonyl (C=O) groups is 1. The number of nitrogens with two attached hydrogens (primary N) is 1. The lowest BCUT2D eigenvalue weighted by Crippen LogP contribution is -2.23. The zero-order chi connectivity index (χ0) is 12.0. The smallest absolute Gasteiger partial charge is 0.404 e. The zero-order valence-corrected chi connectivity index (χ0v) is 10.0. The first-order chi connectivity index (χ1) is 7.59. The third kappa shape index (κ3) is 4.70. The number of nitrogens with one attached hydrogen (secondary N) is 1. The molecule has 0 unspecified atom stereocenters. The Morgan fingerprint density at radius 3 is 2.81 bits per heavy atom. The highest BCUT2D eigenvalue weighted by Gasteiger charge is 2.00. The third-order valence-electron chi connectivity index (χ3n) is 1.85. The van der Waals surface area contributed by atoms with Gasteiger partial charge in [0.2, 0.25) is 0 Å². The van der Waals surface area contributed by atoms with E-state index in [1.54, 1.807) is 12.1 Å². The number of benzene rings is 1. The Bertz CT molecular complexity index is 372. The van der Waals surface area contributed by atoms with Crippen LogP contribution in [-0.2, 0) is 11.3 Å². The van der Waals surface area contributed by atoms with Crippen molar-refractivity contribution in [2.24, 2.45) is 5.73 Å². The maximum Gasteiger partial charge on any atom is 0.404 e. The van der Waals surface area contributed by atoms with E-state index in [2.05, 4.69) is 10.1 Å². The fourth-order valence-corrected chi connectivity index (χ4v) is 1.59. The number of hydrogen-bond donors (Lipinski definition) is 2. The maximum atomic E-state index is 10.3. The average molecular weight is 263 g/mol. The number of hydrogen-bond acceptors (Lipinski definition) is 3. The molecule has 0 saturated carbocycles.